The monoisotopic (exact) mass is 564 g/mol. The quantitative estimate of drug-likeness (QED) is 0.348. The fourth-order valence-electron chi connectivity index (χ4n) is 6.73. The normalized spacial score (nSPS) is 21.5. The molecule has 4 heterocycles. The standard InChI is InChI=1S/C32H28N4O6/c1-42-19-9-6-8-18(16-19)28-27-22(20-10-2-4-12-23(20)33-27)17-26-30(38)36(32(41)35(26)28)24-13-5-3-11-21(24)29(37)34-15-7-14-25(34)31(39)40/h2-6,8-13,16,25-26,28,33H,7,14-15,17H2,1H3,(H,39,40)/t25-,26-,28-/m0/s1. The summed E-state index contributed by atoms with van der Waals surface area (Å²) >= 11 is 0. The number of hydrogen-bond donors (Lipinski definition) is 2. The SMILES string of the molecule is COc1cccc([C@H]2c3[nH]c4ccccc4c3C[C@H]3C(=O)N(c4ccccc4C(=O)N4CCC[C@H]4C(=O)O)C(=O)N23)c1. The van der Waals surface area contributed by atoms with Crippen LogP contribution in [0.1, 0.15) is 46.1 Å². The molecule has 4 aromatic rings. The lowest BCUT2D eigenvalue weighted by molar-refractivity contribution is -0.141. The number of fused-ring (bicyclic) bond motifs is 4. The molecule has 2 N–H and O–H groups in total. The Balaban J connectivity index is 1.34. The highest BCUT2D eigenvalue weighted by Crippen LogP contribution is 2.45. The lowest BCUT2D eigenvalue weighted by atomic mass is 9.89. The second kappa shape index (κ2) is 9.76. The van der Waals surface area contributed by atoms with Gasteiger partial charge in [0.1, 0.15) is 23.9 Å². The third kappa shape index (κ3) is 3.78. The number of aromatic amines is 1. The number of rotatable bonds is 5. The van der Waals surface area contributed by atoms with E-state index in [1.54, 1.807) is 36.3 Å². The smallest absolute Gasteiger partial charge is 0.332 e. The fourth-order valence-corrected chi connectivity index (χ4v) is 6.73. The number of aromatic nitrogens is 1. The molecule has 0 radical (unpaired) electrons. The molecular weight excluding hydrogens is 536 g/mol. The number of nitrogens with one attached hydrogen (secondary N) is 1. The summed E-state index contributed by atoms with van der Waals surface area (Å²) in [6, 6.07) is 18.8. The summed E-state index contributed by atoms with van der Waals surface area (Å²) in [6.07, 6.45) is 1.23. The lowest BCUT2D eigenvalue weighted by Gasteiger charge is -2.36. The van der Waals surface area contributed by atoms with Crippen LogP contribution in [0.2, 0.25) is 0 Å². The van der Waals surface area contributed by atoms with Crippen molar-refractivity contribution in [2.24, 2.45) is 0 Å². The minimum absolute atomic E-state index is 0.120. The molecule has 3 aromatic carbocycles. The van der Waals surface area contributed by atoms with Crippen molar-refractivity contribution in [3.63, 3.8) is 0 Å². The Morgan fingerprint density at radius 2 is 1.79 bits per heavy atom. The first-order chi connectivity index (χ1) is 20.4. The van der Waals surface area contributed by atoms with Gasteiger partial charge in [-0.15, -0.1) is 0 Å². The molecule has 42 heavy (non-hydrogen) atoms. The molecular formula is C32H28N4O6. The number of carboxylic acid groups (broad SMARTS) is 1. The molecule has 0 spiro atoms. The number of benzene rings is 3. The van der Waals surface area contributed by atoms with Crippen LogP contribution in [0.5, 0.6) is 5.75 Å². The predicted molar refractivity (Wildman–Crippen MR) is 153 cm³/mol. The fraction of sp³-hybridized carbons (Fsp3) is 0.250. The predicted octanol–water partition coefficient (Wildman–Crippen LogP) is 4.35. The van der Waals surface area contributed by atoms with Crippen molar-refractivity contribution >= 4 is 40.4 Å². The second-order valence-corrected chi connectivity index (χ2v) is 10.8. The largest absolute Gasteiger partial charge is 0.497 e. The number of nitrogens with zero attached hydrogens (tertiary/aromatic N) is 3. The van der Waals surface area contributed by atoms with Gasteiger partial charge in [0.2, 0.25) is 0 Å². The molecule has 0 bridgehead atoms. The molecule has 3 aliphatic heterocycles. The number of para-hydroxylation sites is 2. The van der Waals surface area contributed by atoms with Crippen molar-refractivity contribution in [1.29, 1.82) is 0 Å². The number of likely N-dealkylation sites (tertiary alicyclic amines) is 1. The van der Waals surface area contributed by atoms with Gasteiger partial charge in [-0.05, 0) is 54.3 Å². The van der Waals surface area contributed by atoms with Gasteiger partial charge in [-0.3, -0.25) is 14.5 Å². The molecule has 0 saturated carbocycles. The van der Waals surface area contributed by atoms with Gasteiger partial charge >= 0.3 is 12.0 Å². The summed E-state index contributed by atoms with van der Waals surface area (Å²) in [6.45, 7) is 0.292. The van der Waals surface area contributed by atoms with E-state index in [4.69, 9.17) is 4.74 Å². The first-order valence-corrected chi connectivity index (χ1v) is 13.9. The maximum atomic E-state index is 14.3. The van der Waals surface area contributed by atoms with Crippen molar-refractivity contribution in [3.8, 4) is 5.75 Å². The zero-order valence-corrected chi connectivity index (χ0v) is 22.8. The number of H-pyrrole nitrogens is 1. The molecule has 10 nitrogen and oxygen atoms in total. The number of anilines is 1. The van der Waals surface area contributed by atoms with E-state index in [0.717, 1.165) is 32.6 Å². The highest BCUT2D eigenvalue weighted by atomic mass is 16.5. The van der Waals surface area contributed by atoms with Crippen molar-refractivity contribution in [2.75, 3.05) is 18.6 Å². The minimum atomic E-state index is -1.07. The van der Waals surface area contributed by atoms with E-state index in [0.29, 0.717) is 31.6 Å². The number of methoxy groups -OCH3 is 1. The number of urea groups is 1. The Kier molecular flexibility index (Phi) is 6.00. The highest BCUT2D eigenvalue weighted by Gasteiger charge is 2.54. The Morgan fingerprint density at radius 3 is 2.60 bits per heavy atom. The Hall–Kier alpha value is -5.12. The summed E-state index contributed by atoms with van der Waals surface area (Å²) < 4.78 is 5.48. The second-order valence-electron chi connectivity index (χ2n) is 10.8. The highest BCUT2D eigenvalue weighted by molar-refractivity contribution is 6.24. The first-order valence-electron chi connectivity index (χ1n) is 13.9. The first kappa shape index (κ1) is 25.8. The number of carbonyl (C=O) groups is 4. The zero-order valence-electron chi connectivity index (χ0n) is 22.8. The molecule has 0 unspecified atom stereocenters. The van der Waals surface area contributed by atoms with Crippen molar-refractivity contribution in [1.82, 2.24) is 14.8 Å². The van der Waals surface area contributed by atoms with Gasteiger partial charge in [-0.1, -0.05) is 42.5 Å². The third-order valence-corrected chi connectivity index (χ3v) is 8.63. The van der Waals surface area contributed by atoms with E-state index in [1.165, 1.54) is 4.90 Å². The maximum Gasteiger partial charge on any atom is 0.332 e. The van der Waals surface area contributed by atoms with Gasteiger partial charge in [-0.25, -0.2) is 14.5 Å². The number of imide groups is 1. The summed E-state index contributed by atoms with van der Waals surface area (Å²) in [5.74, 6) is -1.39. The molecule has 2 fully saturated rings. The molecule has 7 rings (SSSR count). The van der Waals surface area contributed by atoms with Crippen molar-refractivity contribution in [2.45, 2.75) is 37.4 Å². The van der Waals surface area contributed by atoms with Crippen LogP contribution in [0.4, 0.5) is 10.5 Å². The maximum absolute atomic E-state index is 14.3. The average Bonchev–Trinajstić information content (AvgIpc) is 3.71. The lowest BCUT2D eigenvalue weighted by Crippen LogP contribution is -2.44. The number of amides is 4. The van der Waals surface area contributed by atoms with Crippen LogP contribution >= 0.6 is 0 Å². The summed E-state index contributed by atoms with van der Waals surface area (Å²) in [5.41, 5.74) is 3.77. The van der Waals surface area contributed by atoms with Crippen LogP contribution in [0.25, 0.3) is 10.9 Å². The average molecular weight is 565 g/mol. The minimum Gasteiger partial charge on any atom is -0.497 e. The van der Waals surface area contributed by atoms with Gasteiger partial charge < -0.3 is 19.7 Å². The Labute approximate surface area is 241 Å². The van der Waals surface area contributed by atoms with Gasteiger partial charge in [-0.2, -0.15) is 0 Å². The zero-order chi connectivity index (χ0) is 29.1. The van der Waals surface area contributed by atoms with Gasteiger partial charge in [0.15, 0.2) is 0 Å². The molecule has 3 aliphatic rings. The van der Waals surface area contributed by atoms with Crippen LogP contribution < -0.4 is 9.64 Å². The number of carbonyl (C=O) groups excluding carboxylic acids is 3. The molecule has 3 atom stereocenters. The van der Waals surface area contributed by atoms with Crippen molar-refractivity contribution < 1.29 is 29.0 Å². The molecule has 0 aliphatic carbocycles. The van der Waals surface area contributed by atoms with Crippen LogP contribution in [-0.2, 0) is 16.0 Å². The molecule has 1 aromatic heterocycles. The molecule has 2 saturated heterocycles. The van der Waals surface area contributed by atoms with Crippen LogP contribution in [0.15, 0.2) is 72.8 Å². The number of ether oxygens (including phenoxy) is 1. The Morgan fingerprint density at radius 1 is 1.00 bits per heavy atom. The summed E-state index contributed by atoms with van der Waals surface area (Å²) in [4.78, 5) is 61.6. The molecule has 212 valence electrons. The van der Waals surface area contributed by atoms with Gasteiger partial charge in [0, 0.05) is 29.6 Å². The van der Waals surface area contributed by atoms with E-state index in [-0.39, 0.29) is 11.3 Å². The molecule has 10 heteroatoms. The topological polar surface area (TPSA) is 123 Å². The van der Waals surface area contributed by atoms with E-state index in [1.807, 2.05) is 48.5 Å². The van der Waals surface area contributed by atoms with E-state index < -0.39 is 41.9 Å². The molecule has 4 amide bonds. The summed E-state index contributed by atoms with van der Waals surface area (Å²) in [5, 5.41) is 10.7. The van der Waals surface area contributed by atoms with Gasteiger partial charge in [0.25, 0.3) is 11.8 Å². The van der Waals surface area contributed by atoms with E-state index >= 15 is 0 Å². The summed E-state index contributed by atoms with van der Waals surface area (Å²) in [7, 11) is 1.58. The van der Waals surface area contributed by atoms with Gasteiger partial charge in [0.05, 0.1) is 18.4 Å². The third-order valence-electron chi connectivity index (χ3n) is 8.63. The van der Waals surface area contributed by atoms with Crippen molar-refractivity contribution in [3.05, 3.63) is 95.2 Å². The van der Waals surface area contributed by atoms with Crippen LogP contribution in [-0.4, -0.2) is 69.4 Å². The van der Waals surface area contributed by atoms with E-state index in [9.17, 15) is 24.3 Å². The number of carboxylic acids is 1. The van der Waals surface area contributed by atoms with E-state index in [2.05, 4.69) is 4.98 Å². The number of hydrogen-bond acceptors (Lipinski definition) is 5. The van der Waals surface area contributed by atoms with Crippen LogP contribution in [0.3, 0.4) is 0 Å². The Bertz CT molecular complexity index is 1780. The van der Waals surface area contributed by atoms with Crippen LogP contribution in [0, 0.1) is 0 Å². The number of aliphatic carboxylic acids is 1.